The molecule has 6 heteroatoms. The second kappa shape index (κ2) is 8.41. The maximum absolute atomic E-state index is 13.2. The van der Waals surface area contributed by atoms with Crippen molar-refractivity contribution in [1.29, 1.82) is 0 Å². The monoisotopic (exact) mass is 401 g/mol. The Hall–Kier alpha value is -1.46. The topological polar surface area (TPSA) is 30.5 Å². The van der Waals surface area contributed by atoms with E-state index < -0.39 is 5.82 Å². The van der Waals surface area contributed by atoms with E-state index in [2.05, 4.69) is 21.2 Å². The molecule has 0 spiro atoms. The van der Waals surface area contributed by atoms with Crippen molar-refractivity contribution in [3.63, 3.8) is 0 Å². The largest absolute Gasteiger partial charge is 0.493 e. The quantitative estimate of drug-likeness (QED) is 0.649. The van der Waals surface area contributed by atoms with E-state index in [0.717, 1.165) is 22.1 Å². The fraction of sp³-hybridized carbons (Fsp3) is 0.294. The van der Waals surface area contributed by atoms with Crippen LogP contribution in [0, 0.1) is 5.82 Å². The number of halogens is 3. The third-order valence-corrected chi connectivity index (χ3v) is 3.92. The highest BCUT2D eigenvalue weighted by Crippen LogP contribution is 2.35. The van der Waals surface area contributed by atoms with E-state index in [-0.39, 0.29) is 5.02 Å². The van der Waals surface area contributed by atoms with Gasteiger partial charge >= 0.3 is 0 Å². The lowest BCUT2D eigenvalue weighted by molar-refractivity contribution is 0.291. The SMILES string of the molecule is CCCOc1c(CNc2ccc(F)c(Cl)c2)cc(Br)cc1OC. The summed E-state index contributed by atoms with van der Waals surface area (Å²) in [7, 11) is 1.61. The van der Waals surface area contributed by atoms with E-state index in [0.29, 0.717) is 24.7 Å². The molecule has 0 aliphatic carbocycles. The summed E-state index contributed by atoms with van der Waals surface area (Å²) in [6.07, 6.45) is 0.902. The van der Waals surface area contributed by atoms with Crippen LogP contribution < -0.4 is 14.8 Å². The lowest BCUT2D eigenvalue weighted by atomic mass is 10.1. The van der Waals surface area contributed by atoms with Gasteiger partial charge in [0, 0.05) is 22.3 Å². The molecule has 0 bridgehead atoms. The van der Waals surface area contributed by atoms with Crippen molar-refractivity contribution in [3.8, 4) is 11.5 Å². The molecule has 0 saturated carbocycles. The van der Waals surface area contributed by atoms with Crippen LogP contribution >= 0.6 is 27.5 Å². The van der Waals surface area contributed by atoms with Gasteiger partial charge in [0.25, 0.3) is 0 Å². The minimum Gasteiger partial charge on any atom is -0.493 e. The van der Waals surface area contributed by atoms with Gasteiger partial charge in [-0.25, -0.2) is 4.39 Å². The van der Waals surface area contributed by atoms with Crippen LogP contribution in [-0.2, 0) is 6.54 Å². The molecular formula is C17H18BrClFNO2. The van der Waals surface area contributed by atoms with E-state index in [1.807, 2.05) is 19.1 Å². The van der Waals surface area contributed by atoms with Crippen molar-refractivity contribution in [2.75, 3.05) is 19.0 Å². The molecule has 1 N–H and O–H groups in total. The minimum atomic E-state index is -0.437. The lowest BCUT2D eigenvalue weighted by Crippen LogP contribution is -2.06. The van der Waals surface area contributed by atoms with Crippen LogP contribution in [0.5, 0.6) is 11.5 Å². The number of hydrogen-bond acceptors (Lipinski definition) is 3. The molecule has 23 heavy (non-hydrogen) atoms. The number of anilines is 1. The minimum absolute atomic E-state index is 0.0873. The van der Waals surface area contributed by atoms with Crippen molar-refractivity contribution in [2.45, 2.75) is 19.9 Å². The van der Waals surface area contributed by atoms with E-state index >= 15 is 0 Å². The van der Waals surface area contributed by atoms with Crippen LogP contribution in [0.4, 0.5) is 10.1 Å². The number of rotatable bonds is 7. The number of ether oxygens (including phenoxy) is 2. The number of methoxy groups -OCH3 is 1. The van der Waals surface area contributed by atoms with Gasteiger partial charge in [0.15, 0.2) is 11.5 Å². The molecule has 3 nitrogen and oxygen atoms in total. The summed E-state index contributed by atoms with van der Waals surface area (Å²) in [5.74, 6) is 0.938. The van der Waals surface area contributed by atoms with Crippen LogP contribution in [0.3, 0.4) is 0 Å². The third kappa shape index (κ3) is 4.75. The van der Waals surface area contributed by atoms with Crippen molar-refractivity contribution in [2.24, 2.45) is 0 Å². The summed E-state index contributed by atoms with van der Waals surface area (Å²) in [6.45, 7) is 3.15. The van der Waals surface area contributed by atoms with Gasteiger partial charge in [-0.05, 0) is 36.8 Å². The maximum Gasteiger partial charge on any atom is 0.166 e. The van der Waals surface area contributed by atoms with Gasteiger partial charge in [0.2, 0.25) is 0 Å². The number of benzene rings is 2. The summed E-state index contributed by atoms with van der Waals surface area (Å²) in [4.78, 5) is 0. The lowest BCUT2D eigenvalue weighted by Gasteiger charge is -2.16. The summed E-state index contributed by atoms with van der Waals surface area (Å²) < 4.78 is 25.3. The number of hydrogen-bond donors (Lipinski definition) is 1. The predicted octanol–water partition coefficient (Wildman–Crippen LogP) is 5.65. The van der Waals surface area contributed by atoms with Crippen molar-refractivity contribution >= 4 is 33.2 Å². The fourth-order valence-corrected chi connectivity index (χ4v) is 2.74. The first-order valence-corrected chi connectivity index (χ1v) is 8.40. The molecule has 0 unspecified atom stereocenters. The molecule has 0 aliphatic heterocycles. The summed E-state index contributed by atoms with van der Waals surface area (Å²) in [6, 6.07) is 8.36. The number of nitrogens with one attached hydrogen (secondary N) is 1. The Morgan fingerprint density at radius 3 is 2.70 bits per heavy atom. The molecule has 0 saturated heterocycles. The molecule has 2 aromatic carbocycles. The zero-order chi connectivity index (χ0) is 16.8. The molecule has 0 fully saturated rings. The highest BCUT2D eigenvalue weighted by molar-refractivity contribution is 9.10. The molecule has 0 aliphatic rings. The average molecular weight is 403 g/mol. The Morgan fingerprint density at radius 1 is 1.26 bits per heavy atom. The maximum atomic E-state index is 13.2. The second-order valence-corrected chi connectivity index (χ2v) is 6.25. The molecule has 124 valence electrons. The molecule has 0 heterocycles. The molecule has 0 amide bonds. The smallest absolute Gasteiger partial charge is 0.166 e. The summed E-state index contributed by atoms with van der Waals surface area (Å²) >= 11 is 9.27. The van der Waals surface area contributed by atoms with Gasteiger partial charge in [0.05, 0.1) is 18.7 Å². The second-order valence-electron chi connectivity index (χ2n) is 4.93. The summed E-state index contributed by atoms with van der Waals surface area (Å²) in [5.41, 5.74) is 1.67. The van der Waals surface area contributed by atoms with Crippen molar-refractivity contribution in [1.82, 2.24) is 0 Å². The summed E-state index contributed by atoms with van der Waals surface area (Å²) in [5, 5.41) is 3.30. The van der Waals surface area contributed by atoms with Crippen molar-refractivity contribution in [3.05, 3.63) is 51.2 Å². The molecule has 2 aromatic rings. The highest BCUT2D eigenvalue weighted by atomic mass is 79.9. The van der Waals surface area contributed by atoms with Gasteiger partial charge < -0.3 is 14.8 Å². The Balaban J connectivity index is 2.23. The Labute approximate surface area is 148 Å². The van der Waals surface area contributed by atoms with Gasteiger partial charge in [-0.3, -0.25) is 0 Å². The van der Waals surface area contributed by atoms with E-state index in [4.69, 9.17) is 21.1 Å². The zero-order valence-electron chi connectivity index (χ0n) is 13.0. The Morgan fingerprint density at radius 2 is 2.04 bits per heavy atom. The van der Waals surface area contributed by atoms with Crippen LogP contribution in [0.1, 0.15) is 18.9 Å². The molecule has 0 atom stereocenters. The molecule has 0 aromatic heterocycles. The molecular weight excluding hydrogens is 385 g/mol. The van der Waals surface area contributed by atoms with Gasteiger partial charge in [0.1, 0.15) is 5.82 Å². The molecule has 0 radical (unpaired) electrons. The van der Waals surface area contributed by atoms with E-state index in [1.54, 1.807) is 19.2 Å². The average Bonchev–Trinajstić information content (AvgIpc) is 2.54. The third-order valence-electron chi connectivity index (χ3n) is 3.17. The normalized spacial score (nSPS) is 10.5. The van der Waals surface area contributed by atoms with Gasteiger partial charge in [-0.1, -0.05) is 34.5 Å². The highest BCUT2D eigenvalue weighted by Gasteiger charge is 2.13. The predicted molar refractivity (Wildman–Crippen MR) is 95.2 cm³/mol. The Bertz CT molecular complexity index is 682. The van der Waals surface area contributed by atoms with E-state index in [1.165, 1.54) is 6.07 Å². The van der Waals surface area contributed by atoms with Gasteiger partial charge in [-0.15, -0.1) is 0 Å². The first kappa shape index (κ1) is 17.9. The first-order chi connectivity index (χ1) is 11.0. The van der Waals surface area contributed by atoms with Crippen molar-refractivity contribution < 1.29 is 13.9 Å². The molecule has 2 rings (SSSR count). The zero-order valence-corrected chi connectivity index (χ0v) is 15.3. The van der Waals surface area contributed by atoms with Gasteiger partial charge in [-0.2, -0.15) is 0 Å². The van der Waals surface area contributed by atoms with Crippen LogP contribution in [0.2, 0.25) is 5.02 Å². The standard InChI is InChI=1S/C17H18BrClFNO2/c1-3-6-23-17-11(7-12(18)8-16(17)22-2)10-21-13-4-5-15(20)14(19)9-13/h4-5,7-9,21H,3,6,10H2,1-2H3. The van der Waals surface area contributed by atoms with E-state index in [9.17, 15) is 4.39 Å². The first-order valence-electron chi connectivity index (χ1n) is 7.23. The Kier molecular flexibility index (Phi) is 6.54. The van der Waals surface area contributed by atoms with Crippen LogP contribution in [0.25, 0.3) is 0 Å². The fourth-order valence-electron chi connectivity index (χ4n) is 2.08. The van der Waals surface area contributed by atoms with Crippen LogP contribution in [-0.4, -0.2) is 13.7 Å². The van der Waals surface area contributed by atoms with Crippen LogP contribution in [0.15, 0.2) is 34.8 Å².